The minimum absolute atomic E-state index is 0.0885. The highest BCUT2D eigenvalue weighted by Crippen LogP contribution is 2.14. The Morgan fingerprint density at radius 1 is 0.355 bits per heavy atom. The lowest BCUT2D eigenvalue weighted by molar-refractivity contribution is -0.167. The molecular formula is C56H94O6. The van der Waals surface area contributed by atoms with Gasteiger partial charge in [0.2, 0.25) is 0 Å². The molecule has 0 saturated heterocycles. The fourth-order valence-corrected chi connectivity index (χ4v) is 6.85. The molecule has 0 aliphatic rings. The van der Waals surface area contributed by atoms with Crippen molar-refractivity contribution in [2.24, 2.45) is 0 Å². The van der Waals surface area contributed by atoms with Crippen LogP contribution in [0.25, 0.3) is 0 Å². The van der Waals surface area contributed by atoms with Crippen LogP contribution in [0.4, 0.5) is 0 Å². The van der Waals surface area contributed by atoms with E-state index in [1.807, 2.05) is 0 Å². The van der Waals surface area contributed by atoms with Crippen LogP contribution >= 0.6 is 0 Å². The number of unbranched alkanes of at least 4 members (excludes halogenated alkanes) is 22. The molecule has 0 aromatic heterocycles. The SMILES string of the molecule is CC\C=C/C=C\C=C/CCCCCCCCCC(=O)OC(COC(=O)CCCCCC/C=C\CCCC)COC(=O)CCCCCCCCCCC/C=C\C/C=C\C/C=C\CC. The summed E-state index contributed by atoms with van der Waals surface area (Å²) in [5.41, 5.74) is 0. The molecule has 0 saturated carbocycles. The first-order chi connectivity index (χ1) is 30.5. The van der Waals surface area contributed by atoms with E-state index in [4.69, 9.17) is 14.2 Å². The lowest BCUT2D eigenvalue weighted by Crippen LogP contribution is -2.30. The van der Waals surface area contributed by atoms with Gasteiger partial charge in [-0.25, -0.2) is 0 Å². The van der Waals surface area contributed by atoms with E-state index in [2.05, 4.69) is 106 Å². The molecule has 0 aliphatic heterocycles. The van der Waals surface area contributed by atoms with Gasteiger partial charge in [-0.3, -0.25) is 14.4 Å². The van der Waals surface area contributed by atoms with Crippen molar-refractivity contribution in [3.8, 4) is 0 Å². The Morgan fingerprint density at radius 3 is 1.18 bits per heavy atom. The molecule has 62 heavy (non-hydrogen) atoms. The van der Waals surface area contributed by atoms with Gasteiger partial charge in [0, 0.05) is 19.3 Å². The normalized spacial score (nSPS) is 12.8. The van der Waals surface area contributed by atoms with Gasteiger partial charge in [-0.2, -0.15) is 0 Å². The lowest BCUT2D eigenvalue weighted by atomic mass is 10.1. The molecule has 0 amide bonds. The highest BCUT2D eigenvalue weighted by Gasteiger charge is 2.19. The van der Waals surface area contributed by atoms with Crippen molar-refractivity contribution in [2.45, 2.75) is 239 Å². The minimum atomic E-state index is -0.789. The van der Waals surface area contributed by atoms with E-state index in [1.165, 1.54) is 83.5 Å². The van der Waals surface area contributed by atoms with Crippen LogP contribution in [0.2, 0.25) is 0 Å². The molecule has 0 aromatic carbocycles. The van der Waals surface area contributed by atoms with Crippen molar-refractivity contribution in [3.63, 3.8) is 0 Å². The number of rotatable bonds is 45. The first-order valence-corrected chi connectivity index (χ1v) is 25.6. The third-order valence-electron chi connectivity index (χ3n) is 10.7. The highest BCUT2D eigenvalue weighted by atomic mass is 16.6. The van der Waals surface area contributed by atoms with E-state index in [9.17, 15) is 14.4 Å². The molecule has 0 N–H and O–H groups in total. The largest absolute Gasteiger partial charge is 0.462 e. The second kappa shape index (κ2) is 50.2. The Balaban J connectivity index is 4.36. The molecule has 6 heteroatoms. The smallest absolute Gasteiger partial charge is 0.306 e. The summed E-state index contributed by atoms with van der Waals surface area (Å²) in [5, 5.41) is 0. The molecule has 0 heterocycles. The Morgan fingerprint density at radius 2 is 0.710 bits per heavy atom. The Hall–Kier alpha value is -3.41. The topological polar surface area (TPSA) is 78.9 Å². The Kier molecular flexibility index (Phi) is 47.5. The summed E-state index contributed by atoms with van der Waals surface area (Å²) in [7, 11) is 0. The summed E-state index contributed by atoms with van der Waals surface area (Å²) in [6, 6.07) is 0. The van der Waals surface area contributed by atoms with Crippen LogP contribution in [0.3, 0.4) is 0 Å². The van der Waals surface area contributed by atoms with Crippen LogP contribution in [0.15, 0.2) is 85.1 Å². The van der Waals surface area contributed by atoms with Crippen molar-refractivity contribution in [2.75, 3.05) is 13.2 Å². The minimum Gasteiger partial charge on any atom is -0.462 e. The number of hydrogen-bond donors (Lipinski definition) is 0. The number of ether oxygens (including phenoxy) is 3. The zero-order valence-electron chi connectivity index (χ0n) is 40.4. The molecule has 6 nitrogen and oxygen atoms in total. The van der Waals surface area contributed by atoms with Crippen LogP contribution in [0.5, 0.6) is 0 Å². The predicted octanol–water partition coefficient (Wildman–Crippen LogP) is 16.8. The maximum Gasteiger partial charge on any atom is 0.306 e. The Bertz CT molecular complexity index is 1220. The van der Waals surface area contributed by atoms with Crippen LogP contribution in [0.1, 0.15) is 233 Å². The molecule has 0 rings (SSSR count). The zero-order chi connectivity index (χ0) is 45.1. The molecule has 1 unspecified atom stereocenters. The molecule has 0 radical (unpaired) electrons. The second-order valence-electron chi connectivity index (χ2n) is 16.7. The maximum absolute atomic E-state index is 12.8. The quantitative estimate of drug-likeness (QED) is 0.0199. The van der Waals surface area contributed by atoms with E-state index in [1.54, 1.807) is 0 Å². The predicted molar refractivity (Wildman–Crippen MR) is 265 cm³/mol. The summed E-state index contributed by atoms with van der Waals surface area (Å²) in [5.74, 6) is -0.921. The average molecular weight is 863 g/mol. The monoisotopic (exact) mass is 863 g/mol. The molecule has 0 aliphatic carbocycles. The number of carbonyl (C=O) groups is 3. The van der Waals surface area contributed by atoms with Crippen molar-refractivity contribution in [1.29, 1.82) is 0 Å². The van der Waals surface area contributed by atoms with E-state index >= 15 is 0 Å². The zero-order valence-corrected chi connectivity index (χ0v) is 40.4. The first kappa shape index (κ1) is 58.6. The molecule has 0 aromatic rings. The van der Waals surface area contributed by atoms with Crippen LogP contribution in [-0.4, -0.2) is 37.2 Å². The van der Waals surface area contributed by atoms with Crippen LogP contribution in [0, 0.1) is 0 Å². The molecule has 0 spiro atoms. The van der Waals surface area contributed by atoms with E-state index < -0.39 is 6.10 Å². The number of allylic oxidation sites excluding steroid dienone is 14. The number of hydrogen-bond acceptors (Lipinski definition) is 6. The van der Waals surface area contributed by atoms with Crippen molar-refractivity contribution >= 4 is 17.9 Å². The van der Waals surface area contributed by atoms with Crippen molar-refractivity contribution in [1.82, 2.24) is 0 Å². The average Bonchev–Trinajstić information content (AvgIpc) is 3.27. The van der Waals surface area contributed by atoms with Gasteiger partial charge in [0.05, 0.1) is 0 Å². The van der Waals surface area contributed by atoms with Gasteiger partial charge in [0.15, 0.2) is 6.10 Å². The van der Waals surface area contributed by atoms with E-state index in [0.717, 1.165) is 109 Å². The van der Waals surface area contributed by atoms with Crippen LogP contribution in [-0.2, 0) is 28.6 Å². The van der Waals surface area contributed by atoms with Gasteiger partial charge in [0.25, 0.3) is 0 Å². The van der Waals surface area contributed by atoms with Gasteiger partial charge in [-0.15, -0.1) is 0 Å². The highest BCUT2D eigenvalue weighted by molar-refractivity contribution is 5.71. The van der Waals surface area contributed by atoms with Gasteiger partial charge in [0.1, 0.15) is 13.2 Å². The van der Waals surface area contributed by atoms with Crippen molar-refractivity contribution < 1.29 is 28.6 Å². The first-order valence-electron chi connectivity index (χ1n) is 25.6. The lowest BCUT2D eigenvalue weighted by Gasteiger charge is -2.18. The summed E-state index contributed by atoms with van der Waals surface area (Å²) in [4.78, 5) is 37.9. The fraction of sp³-hybridized carbons (Fsp3) is 0.696. The summed E-state index contributed by atoms with van der Waals surface area (Å²) >= 11 is 0. The van der Waals surface area contributed by atoms with Gasteiger partial charge in [-0.1, -0.05) is 209 Å². The van der Waals surface area contributed by atoms with E-state index in [-0.39, 0.29) is 31.1 Å². The van der Waals surface area contributed by atoms with Gasteiger partial charge >= 0.3 is 17.9 Å². The van der Waals surface area contributed by atoms with Gasteiger partial charge < -0.3 is 14.2 Å². The molecule has 0 fully saturated rings. The third-order valence-corrected chi connectivity index (χ3v) is 10.7. The van der Waals surface area contributed by atoms with E-state index in [0.29, 0.717) is 19.3 Å². The summed E-state index contributed by atoms with van der Waals surface area (Å²) in [6.45, 7) is 6.33. The summed E-state index contributed by atoms with van der Waals surface area (Å²) in [6.07, 6.45) is 64.3. The molecular weight excluding hydrogens is 769 g/mol. The van der Waals surface area contributed by atoms with Gasteiger partial charge in [-0.05, 0) is 89.9 Å². The fourth-order valence-electron chi connectivity index (χ4n) is 6.85. The standard InChI is InChI=1S/C56H94O6/c1-4-7-10-13-16-19-22-24-26-27-28-29-31-32-34-37-40-43-46-49-55(58)61-52-53(51-60-54(57)48-45-42-39-36-21-18-15-12-9-6-3)62-56(59)50-47-44-41-38-35-33-30-25-23-20-17-14-11-8-5-2/h7-8,10-11,14-20,23-24,26,53H,4-6,9,12-13,21-22,25,27-52H2,1-3H3/b10-7-,11-8-,17-14-,18-15-,19-16-,23-20-,26-24-. The third kappa shape index (κ3) is 47.6. The second-order valence-corrected chi connectivity index (χ2v) is 16.7. The molecule has 1 atom stereocenters. The number of esters is 3. The Labute approximate surface area is 382 Å². The summed E-state index contributed by atoms with van der Waals surface area (Å²) < 4.78 is 16.8. The van der Waals surface area contributed by atoms with Crippen molar-refractivity contribution in [3.05, 3.63) is 85.1 Å². The maximum atomic E-state index is 12.8. The molecule has 0 bridgehead atoms. The molecule has 354 valence electrons. The van der Waals surface area contributed by atoms with Crippen LogP contribution < -0.4 is 0 Å². The number of carbonyl (C=O) groups excluding carboxylic acids is 3.